The first kappa shape index (κ1) is 15.5. The number of nitrogens with zero attached hydrogens (tertiary/aromatic N) is 2. The molecule has 0 aliphatic carbocycles. The van der Waals surface area contributed by atoms with Crippen molar-refractivity contribution < 1.29 is 9.18 Å². The molecule has 0 bridgehead atoms. The molecule has 5 nitrogen and oxygen atoms in total. The minimum Gasteiger partial charge on any atom is -0.347 e. The zero-order valence-electron chi connectivity index (χ0n) is 12.9. The second-order valence-electron chi connectivity index (χ2n) is 5.44. The van der Waals surface area contributed by atoms with E-state index in [1.54, 1.807) is 22.6 Å². The van der Waals surface area contributed by atoms with Gasteiger partial charge in [-0.15, -0.1) is 0 Å². The third-order valence-electron chi connectivity index (χ3n) is 3.85. The van der Waals surface area contributed by atoms with Crippen molar-refractivity contribution in [3.8, 4) is 0 Å². The predicted molar refractivity (Wildman–Crippen MR) is 94.4 cm³/mol. The summed E-state index contributed by atoms with van der Waals surface area (Å²) in [7, 11) is 0. The third kappa shape index (κ3) is 2.78. The van der Waals surface area contributed by atoms with Gasteiger partial charge in [0.15, 0.2) is 4.96 Å². The number of fused-ring (bicyclic) bond motifs is 3. The highest BCUT2D eigenvalue weighted by Gasteiger charge is 2.16. The van der Waals surface area contributed by atoms with Crippen LogP contribution in [0.25, 0.3) is 16.0 Å². The first-order chi connectivity index (χ1) is 12.1. The maximum Gasteiger partial charge on any atom is 0.268 e. The molecule has 2 aromatic heterocycles. The average Bonchev–Trinajstić information content (AvgIpc) is 2.98. The first-order valence-electron chi connectivity index (χ1n) is 7.56. The zero-order valence-corrected chi connectivity index (χ0v) is 13.7. The summed E-state index contributed by atoms with van der Waals surface area (Å²) in [5.41, 5.74) is 2.00. The van der Waals surface area contributed by atoms with Crippen LogP contribution in [-0.2, 0) is 6.54 Å². The van der Waals surface area contributed by atoms with E-state index in [1.807, 2.05) is 24.3 Å². The van der Waals surface area contributed by atoms with Gasteiger partial charge in [0.1, 0.15) is 11.5 Å². The molecule has 0 atom stereocenters. The summed E-state index contributed by atoms with van der Waals surface area (Å²) in [5, 5.41) is 2.67. The van der Waals surface area contributed by atoms with Crippen molar-refractivity contribution in [2.75, 3.05) is 0 Å². The van der Waals surface area contributed by atoms with Crippen LogP contribution in [0.5, 0.6) is 0 Å². The van der Waals surface area contributed by atoms with E-state index in [1.165, 1.54) is 12.1 Å². The first-order valence-corrected chi connectivity index (χ1v) is 8.38. The lowest BCUT2D eigenvalue weighted by Crippen LogP contribution is -2.26. The van der Waals surface area contributed by atoms with Gasteiger partial charge in [0.25, 0.3) is 5.91 Å². The van der Waals surface area contributed by atoms with E-state index in [0.717, 1.165) is 16.9 Å². The third-order valence-corrected chi connectivity index (χ3v) is 4.62. The number of nitrogens with one attached hydrogen (secondary N) is 1. The Balaban J connectivity index is 1.76. The van der Waals surface area contributed by atoms with Crippen LogP contribution in [-0.4, -0.2) is 15.3 Å². The Morgan fingerprint density at radius 1 is 1.16 bits per heavy atom. The lowest BCUT2D eigenvalue weighted by molar-refractivity contribution is 0.0944. The lowest BCUT2D eigenvalue weighted by atomic mass is 10.2. The highest BCUT2D eigenvalue weighted by Crippen LogP contribution is 2.19. The van der Waals surface area contributed by atoms with Gasteiger partial charge in [-0.1, -0.05) is 41.7 Å². The number of para-hydroxylation sites is 2. The van der Waals surface area contributed by atoms with Crippen LogP contribution < -0.4 is 10.1 Å². The molecule has 2 heterocycles. The molecule has 4 rings (SSSR count). The smallest absolute Gasteiger partial charge is 0.268 e. The summed E-state index contributed by atoms with van der Waals surface area (Å²) in [6.45, 7) is 0.0339. The highest BCUT2D eigenvalue weighted by molar-refractivity contribution is 7.14. The van der Waals surface area contributed by atoms with Gasteiger partial charge in [0.2, 0.25) is 4.74 Å². The summed E-state index contributed by atoms with van der Waals surface area (Å²) < 4.78 is 15.1. The summed E-state index contributed by atoms with van der Waals surface area (Å²) in [6.07, 6.45) is 0. The molecule has 0 aliphatic heterocycles. The number of imidazole rings is 1. The summed E-state index contributed by atoms with van der Waals surface area (Å²) in [4.78, 5) is 29.4. The predicted octanol–water partition coefficient (Wildman–Crippen LogP) is 2.98. The number of halogens is 1. The minimum atomic E-state index is -0.457. The van der Waals surface area contributed by atoms with Crippen molar-refractivity contribution in [1.29, 1.82) is 0 Å². The standard InChI is InChI=1S/C18H12FN3O2S/c19-12-6-2-1-5-11(12)10-20-17(24)15-9-16(23)25-18-21-13-7-3-4-8-14(13)22(15)18/h1-9H,10H2,(H,20,24). The monoisotopic (exact) mass is 353 g/mol. The molecular weight excluding hydrogens is 341 g/mol. The molecule has 2 aromatic carbocycles. The Labute approximate surface area is 145 Å². The lowest BCUT2D eigenvalue weighted by Gasteiger charge is -2.08. The normalized spacial score (nSPS) is 11.1. The van der Waals surface area contributed by atoms with Crippen LogP contribution in [0.2, 0.25) is 0 Å². The van der Waals surface area contributed by atoms with Crippen molar-refractivity contribution in [2.45, 2.75) is 6.54 Å². The Kier molecular flexibility index (Phi) is 3.77. The molecule has 0 fully saturated rings. The van der Waals surface area contributed by atoms with Crippen molar-refractivity contribution in [3.05, 3.63) is 81.2 Å². The van der Waals surface area contributed by atoms with E-state index in [-0.39, 0.29) is 22.8 Å². The topological polar surface area (TPSA) is 63.5 Å². The van der Waals surface area contributed by atoms with E-state index < -0.39 is 5.91 Å². The Morgan fingerprint density at radius 2 is 1.92 bits per heavy atom. The van der Waals surface area contributed by atoms with Crippen molar-refractivity contribution in [2.24, 2.45) is 0 Å². The molecule has 4 aromatic rings. The van der Waals surface area contributed by atoms with Crippen molar-refractivity contribution >= 4 is 33.2 Å². The number of amides is 1. The Hall–Kier alpha value is -3.06. The largest absolute Gasteiger partial charge is 0.347 e. The average molecular weight is 353 g/mol. The van der Waals surface area contributed by atoms with Crippen LogP contribution in [0, 0.1) is 5.82 Å². The quantitative estimate of drug-likeness (QED) is 0.616. The van der Waals surface area contributed by atoms with Crippen LogP contribution in [0.3, 0.4) is 0 Å². The second kappa shape index (κ2) is 6.10. The molecule has 25 heavy (non-hydrogen) atoms. The van der Waals surface area contributed by atoms with Crippen molar-refractivity contribution in [3.63, 3.8) is 0 Å². The van der Waals surface area contributed by atoms with E-state index >= 15 is 0 Å². The molecule has 1 amide bonds. The molecule has 1 N–H and O–H groups in total. The summed E-state index contributed by atoms with van der Waals surface area (Å²) in [5.74, 6) is -0.845. The number of carbonyl (C=O) groups excluding carboxylic acids is 1. The molecule has 0 unspecified atom stereocenters. The number of hydrogen-bond acceptors (Lipinski definition) is 4. The minimum absolute atomic E-state index is 0.0339. The number of hydrogen-bond donors (Lipinski definition) is 1. The molecule has 7 heteroatoms. The zero-order chi connectivity index (χ0) is 17.4. The van der Waals surface area contributed by atoms with Crippen LogP contribution in [0.15, 0.2) is 59.4 Å². The van der Waals surface area contributed by atoms with Gasteiger partial charge in [0, 0.05) is 18.2 Å². The van der Waals surface area contributed by atoms with E-state index in [4.69, 9.17) is 0 Å². The van der Waals surface area contributed by atoms with Crippen LogP contribution in [0.4, 0.5) is 4.39 Å². The van der Waals surface area contributed by atoms with Gasteiger partial charge in [-0.05, 0) is 18.2 Å². The molecule has 0 saturated carbocycles. The van der Waals surface area contributed by atoms with E-state index in [9.17, 15) is 14.0 Å². The Bertz CT molecular complexity index is 1170. The van der Waals surface area contributed by atoms with Crippen LogP contribution in [0.1, 0.15) is 16.1 Å². The number of benzene rings is 2. The molecule has 0 radical (unpaired) electrons. The molecule has 0 saturated heterocycles. The fraction of sp³-hybridized carbons (Fsp3) is 0.0556. The fourth-order valence-electron chi connectivity index (χ4n) is 2.68. The highest BCUT2D eigenvalue weighted by atomic mass is 32.1. The maximum atomic E-state index is 13.7. The number of aromatic nitrogens is 2. The summed E-state index contributed by atoms with van der Waals surface area (Å²) >= 11 is 0.972. The van der Waals surface area contributed by atoms with E-state index in [0.29, 0.717) is 16.0 Å². The van der Waals surface area contributed by atoms with Crippen LogP contribution >= 0.6 is 11.3 Å². The van der Waals surface area contributed by atoms with Gasteiger partial charge in [0.05, 0.1) is 11.0 Å². The maximum absolute atomic E-state index is 13.7. The van der Waals surface area contributed by atoms with Gasteiger partial charge >= 0.3 is 0 Å². The Morgan fingerprint density at radius 3 is 2.76 bits per heavy atom. The summed E-state index contributed by atoms with van der Waals surface area (Å²) in [6, 6.07) is 14.8. The second-order valence-corrected chi connectivity index (χ2v) is 6.41. The van der Waals surface area contributed by atoms with Crippen molar-refractivity contribution in [1.82, 2.24) is 14.7 Å². The van der Waals surface area contributed by atoms with E-state index in [2.05, 4.69) is 10.3 Å². The van der Waals surface area contributed by atoms with Gasteiger partial charge in [-0.2, -0.15) is 0 Å². The fourth-order valence-corrected chi connectivity index (χ4v) is 3.46. The molecule has 0 spiro atoms. The molecule has 124 valence electrons. The SMILES string of the molecule is O=C(NCc1ccccc1F)c1cc(=O)sc2nc3ccccc3n12. The molecule has 0 aliphatic rings. The molecular formula is C18H12FN3O2S. The van der Waals surface area contributed by atoms with Gasteiger partial charge in [-0.3, -0.25) is 14.0 Å². The number of carbonyl (C=O) groups is 1. The van der Waals surface area contributed by atoms with Gasteiger partial charge in [-0.25, -0.2) is 9.37 Å². The number of rotatable bonds is 3. The van der Waals surface area contributed by atoms with Gasteiger partial charge < -0.3 is 5.32 Å².